The second-order valence-corrected chi connectivity index (χ2v) is 6.73. The van der Waals surface area contributed by atoms with Gasteiger partial charge in [0.25, 0.3) is 0 Å². The van der Waals surface area contributed by atoms with Gasteiger partial charge in [-0.3, -0.25) is 0 Å². The van der Waals surface area contributed by atoms with Crippen LogP contribution in [0.1, 0.15) is 12.5 Å². The first-order valence-corrected chi connectivity index (χ1v) is 8.26. The van der Waals surface area contributed by atoms with Crippen molar-refractivity contribution in [3.63, 3.8) is 0 Å². The minimum atomic E-state index is -3.15. The van der Waals surface area contributed by atoms with Crippen molar-refractivity contribution in [1.82, 2.24) is 4.98 Å². The molecule has 0 saturated heterocycles. The Labute approximate surface area is 124 Å². The molecule has 0 aliphatic rings. The molecule has 0 atom stereocenters. The summed E-state index contributed by atoms with van der Waals surface area (Å²) in [6.45, 7) is 2.19. The predicted molar refractivity (Wildman–Crippen MR) is 82.3 cm³/mol. The quantitative estimate of drug-likeness (QED) is 0.888. The molecule has 0 saturated carbocycles. The first-order chi connectivity index (χ1) is 10.1. The van der Waals surface area contributed by atoms with Gasteiger partial charge in [0.1, 0.15) is 0 Å². The fraction of sp³-hybridized carbons (Fsp3) is 0.267. The summed E-state index contributed by atoms with van der Waals surface area (Å²) in [6, 6.07) is 10.5. The number of hydrogen-bond acceptors (Lipinski definition) is 5. The lowest BCUT2D eigenvalue weighted by molar-refractivity contribution is 0.393. The third-order valence-electron chi connectivity index (χ3n) is 3.12. The lowest BCUT2D eigenvalue weighted by atomic mass is 10.2. The summed E-state index contributed by atoms with van der Waals surface area (Å²) in [7, 11) is -1.57. The maximum absolute atomic E-state index is 11.7. The van der Waals surface area contributed by atoms with Crippen molar-refractivity contribution in [3.8, 4) is 5.88 Å². The molecule has 0 bridgehead atoms. The Kier molecular flexibility index (Phi) is 4.80. The molecule has 0 radical (unpaired) electrons. The second-order valence-electron chi connectivity index (χ2n) is 4.45. The van der Waals surface area contributed by atoms with Crippen molar-refractivity contribution in [2.75, 3.05) is 18.2 Å². The Bertz CT molecular complexity index is 697. The van der Waals surface area contributed by atoms with Gasteiger partial charge in [-0.1, -0.05) is 13.0 Å². The van der Waals surface area contributed by atoms with Crippen LogP contribution in [0.3, 0.4) is 0 Å². The second kappa shape index (κ2) is 6.58. The van der Waals surface area contributed by atoms with Crippen LogP contribution < -0.4 is 10.1 Å². The number of anilines is 1. The highest BCUT2D eigenvalue weighted by Crippen LogP contribution is 2.18. The highest BCUT2D eigenvalue weighted by molar-refractivity contribution is 7.91. The van der Waals surface area contributed by atoms with Gasteiger partial charge in [-0.2, -0.15) is 0 Å². The molecule has 1 heterocycles. The summed E-state index contributed by atoms with van der Waals surface area (Å²) in [5.74, 6) is 0.683. The van der Waals surface area contributed by atoms with Gasteiger partial charge in [-0.05, 0) is 30.3 Å². The van der Waals surface area contributed by atoms with Gasteiger partial charge >= 0.3 is 0 Å². The van der Waals surface area contributed by atoms with Crippen LogP contribution in [0.4, 0.5) is 5.69 Å². The first-order valence-electron chi connectivity index (χ1n) is 6.61. The molecular weight excluding hydrogens is 288 g/mol. The van der Waals surface area contributed by atoms with Crippen molar-refractivity contribution in [2.45, 2.75) is 18.4 Å². The smallest absolute Gasteiger partial charge is 0.218 e. The SMILES string of the molecule is CCS(=O)(=O)c1ccc(NCc2cccnc2OC)cc1. The minimum Gasteiger partial charge on any atom is -0.481 e. The summed E-state index contributed by atoms with van der Waals surface area (Å²) in [5, 5.41) is 3.22. The van der Waals surface area contributed by atoms with Gasteiger partial charge < -0.3 is 10.1 Å². The normalized spacial score (nSPS) is 11.1. The van der Waals surface area contributed by atoms with Crippen molar-refractivity contribution >= 4 is 15.5 Å². The number of aromatic nitrogens is 1. The zero-order chi connectivity index (χ0) is 15.3. The molecule has 1 N–H and O–H groups in total. The van der Waals surface area contributed by atoms with Gasteiger partial charge in [-0.15, -0.1) is 0 Å². The summed E-state index contributed by atoms with van der Waals surface area (Å²) in [5.41, 5.74) is 1.78. The van der Waals surface area contributed by atoms with E-state index in [-0.39, 0.29) is 5.75 Å². The van der Waals surface area contributed by atoms with E-state index in [9.17, 15) is 8.42 Å². The number of benzene rings is 1. The third kappa shape index (κ3) is 3.72. The molecule has 2 aromatic rings. The number of nitrogens with one attached hydrogen (secondary N) is 1. The van der Waals surface area contributed by atoms with Gasteiger partial charge in [0, 0.05) is 24.0 Å². The number of methoxy groups -OCH3 is 1. The van der Waals surface area contributed by atoms with Crippen LogP contribution in [0.2, 0.25) is 0 Å². The number of sulfone groups is 1. The topological polar surface area (TPSA) is 68.3 Å². The highest BCUT2D eigenvalue weighted by Gasteiger charge is 2.10. The fourth-order valence-corrected chi connectivity index (χ4v) is 2.77. The average molecular weight is 306 g/mol. The summed E-state index contributed by atoms with van der Waals surface area (Å²) in [6.07, 6.45) is 1.67. The van der Waals surface area contributed by atoms with Gasteiger partial charge in [-0.25, -0.2) is 13.4 Å². The van der Waals surface area contributed by atoms with E-state index in [1.165, 1.54) is 0 Å². The summed E-state index contributed by atoms with van der Waals surface area (Å²) in [4.78, 5) is 4.47. The lowest BCUT2D eigenvalue weighted by Crippen LogP contribution is -2.05. The van der Waals surface area contributed by atoms with E-state index < -0.39 is 9.84 Å². The van der Waals surface area contributed by atoms with Crippen LogP contribution >= 0.6 is 0 Å². The molecule has 21 heavy (non-hydrogen) atoms. The standard InChI is InChI=1S/C15H18N2O3S/c1-3-21(18,19)14-8-6-13(7-9-14)17-11-12-5-4-10-16-15(12)20-2/h4-10,17H,3,11H2,1-2H3. The monoisotopic (exact) mass is 306 g/mol. The minimum absolute atomic E-state index is 0.104. The van der Waals surface area contributed by atoms with Crippen molar-refractivity contribution < 1.29 is 13.2 Å². The molecule has 0 fully saturated rings. The molecule has 0 unspecified atom stereocenters. The lowest BCUT2D eigenvalue weighted by Gasteiger charge is -2.10. The maximum Gasteiger partial charge on any atom is 0.218 e. The van der Waals surface area contributed by atoms with Gasteiger partial charge in [0.05, 0.1) is 17.8 Å². The molecule has 0 amide bonds. The predicted octanol–water partition coefficient (Wildman–Crippen LogP) is 2.50. The Hall–Kier alpha value is -2.08. The maximum atomic E-state index is 11.7. The molecule has 0 aliphatic carbocycles. The van der Waals surface area contributed by atoms with Crippen LogP contribution in [0.15, 0.2) is 47.5 Å². The Morgan fingerprint density at radius 2 is 1.90 bits per heavy atom. The Balaban J connectivity index is 2.08. The van der Waals surface area contributed by atoms with Crippen LogP contribution in [0, 0.1) is 0 Å². The first kappa shape index (κ1) is 15.3. The number of rotatable bonds is 6. The van der Waals surface area contributed by atoms with E-state index in [1.807, 2.05) is 12.1 Å². The fourth-order valence-electron chi connectivity index (χ4n) is 1.89. The number of pyridine rings is 1. The molecule has 6 heteroatoms. The zero-order valence-corrected chi connectivity index (χ0v) is 12.9. The van der Waals surface area contributed by atoms with Crippen molar-refractivity contribution in [2.24, 2.45) is 0 Å². The number of ether oxygens (including phenoxy) is 1. The van der Waals surface area contributed by atoms with E-state index in [4.69, 9.17) is 4.74 Å². The molecule has 1 aromatic heterocycles. The molecule has 2 rings (SSSR count). The zero-order valence-electron chi connectivity index (χ0n) is 12.0. The summed E-state index contributed by atoms with van der Waals surface area (Å²) < 4.78 is 28.6. The van der Waals surface area contributed by atoms with Gasteiger partial charge in [0.15, 0.2) is 9.84 Å². The van der Waals surface area contributed by atoms with Crippen LogP contribution in [-0.2, 0) is 16.4 Å². The molecular formula is C15H18N2O3S. The number of nitrogens with zero attached hydrogens (tertiary/aromatic N) is 1. The molecule has 0 spiro atoms. The number of hydrogen-bond donors (Lipinski definition) is 1. The van der Waals surface area contributed by atoms with E-state index in [0.717, 1.165) is 11.3 Å². The average Bonchev–Trinajstić information content (AvgIpc) is 2.53. The van der Waals surface area contributed by atoms with Gasteiger partial charge in [0.2, 0.25) is 5.88 Å². The van der Waals surface area contributed by atoms with Crippen LogP contribution in [0.25, 0.3) is 0 Å². The molecule has 112 valence electrons. The largest absolute Gasteiger partial charge is 0.481 e. The molecule has 0 aliphatic heterocycles. The third-order valence-corrected chi connectivity index (χ3v) is 4.87. The Morgan fingerprint density at radius 1 is 1.19 bits per heavy atom. The Morgan fingerprint density at radius 3 is 2.52 bits per heavy atom. The van der Waals surface area contributed by atoms with E-state index in [2.05, 4.69) is 10.3 Å². The molecule has 5 nitrogen and oxygen atoms in total. The highest BCUT2D eigenvalue weighted by atomic mass is 32.2. The van der Waals surface area contributed by atoms with E-state index in [1.54, 1.807) is 44.5 Å². The van der Waals surface area contributed by atoms with Crippen LogP contribution in [-0.4, -0.2) is 26.3 Å². The molecule has 1 aromatic carbocycles. The van der Waals surface area contributed by atoms with E-state index >= 15 is 0 Å². The van der Waals surface area contributed by atoms with E-state index in [0.29, 0.717) is 17.3 Å². The summed E-state index contributed by atoms with van der Waals surface area (Å²) >= 11 is 0. The van der Waals surface area contributed by atoms with Crippen LogP contribution in [0.5, 0.6) is 5.88 Å². The van der Waals surface area contributed by atoms with Crippen molar-refractivity contribution in [1.29, 1.82) is 0 Å². The van der Waals surface area contributed by atoms with Crippen molar-refractivity contribution in [3.05, 3.63) is 48.2 Å².